The van der Waals surface area contributed by atoms with E-state index >= 15 is 0 Å². The molecular formula is C21H19BrN2O2S. The van der Waals surface area contributed by atoms with Crippen molar-refractivity contribution in [2.75, 3.05) is 12.4 Å². The summed E-state index contributed by atoms with van der Waals surface area (Å²) in [6, 6.07) is 14.3. The molecule has 6 heteroatoms. The number of hydrogen-bond acceptors (Lipinski definition) is 4. The van der Waals surface area contributed by atoms with Crippen LogP contribution < -0.4 is 10.1 Å². The molecule has 4 rings (SSSR count). The van der Waals surface area contributed by atoms with Gasteiger partial charge in [0.15, 0.2) is 5.13 Å². The van der Waals surface area contributed by atoms with Crippen LogP contribution in [0.5, 0.6) is 5.75 Å². The number of halogens is 1. The number of methoxy groups -OCH3 is 1. The van der Waals surface area contributed by atoms with Crippen molar-refractivity contribution in [3.05, 3.63) is 75.2 Å². The first kappa shape index (κ1) is 18.2. The number of thiazole rings is 1. The first-order valence-electron chi connectivity index (χ1n) is 8.64. The van der Waals surface area contributed by atoms with Crippen molar-refractivity contribution in [3.8, 4) is 5.75 Å². The number of aromatic nitrogens is 1. The van der Waals surface area contributed by atoms with Crippen molar-refractivity contribution in [1.29, 1.82) is 0 Å². The zero-order valence-corrected chi connectivity index (χ0v) is 17.4. The van der Waals surface area contributed by atoms with Gasteiger partial charge in [0.05, 0.1) is 12.5 Å². The maximum absolute atomic E-state index is 13.3. The SMILES string of the molecule is COc1ccc2c(c1)[C@@H](c1ccc(Br)cc1)[C@@](C)(C(=O)Nc1nccs1)C2. The van der Waals surface area contributed by atoms with Gasteiger partial charge in [0.1, 0.15) is 5.75 Å². The maximum Gasteiger partial charge on any atom is 0.233 e. The van der Waals surface area contributed by atoms with E-state index in [-0.39, 0.29) is 11.8 Å². The smallest absolute Gasteiger partial charge is 0.233 e. The minimum absolute atomic E-state index is 0.0134. The fourth-order valence-corrected chi connectivity index (χ4v) is 4.70. The van der Waals surface area contributed by atoms with Crippen LogP contribution in [0.2, 0.25) is 0 Å². The summed E-state index contributed by atoms with van der Waals surface area (Å²) in [6.45, 7) is 2.04. The van der Waals surface area contributed by atoms with Crippen molar-refractivity contribution in [2.45, 2.75) is 19.3 Å². The first-order valence-corrected chi connectivity index (χ1v) is 10.3. The van der Waals surface area contributed by atoms with Crippen LogP contribution in [-0.2, 0) is 11.2 Å². The molecule has 0 unspecified atom stereocenters. The molecule has 0 fully saturated rings. The molecule has 0 saturated carbocycles. The molecule has 0 spiro atoms. The quantitative estimate of drug-likeness (QED) is 0.600. The van der Waals surface area contributed by atoms with E-state index in [1.165, 1.54) is 16.9 Å². The molecule has 2 atom stereocenters. The molecule has 27 heavy (non-hydrogen) atoms. The number of rotatable bonds is 4. The van der Waals surface area contributed by atoms with Crippen LogP contribution >= 0.6 is 27.3 Å². The largest absolute Gasteiger partial charge is 0.497 e. The molecule has 4 nitrogen and oxygen atoms in total. The lowest BCUT2D eigenvalue weighted by Crippen LogP contribution is -2.37. The van der Waals surface area contributed by atoms with E-state index in [1.54, 1.807) is 13.3 Å². The molecule has 1 amide bonds. The molecule has 0 aliphatic heterocycles. The minimum Gasteiger partial charge on any atom is -0.497 e. The third-order valence-electron chi connectivity index (χ3n) is 5.23. The average molecular weight is 443 g/mol. The van der Waals surface area contributed by atoms with E-state index in [0.29, 0.717) is 11.6 Å². The van der Waals surface area contributed by atoms with Gasteiger partial charge in [0.25, 0.3) is 0 Å². The first-order chi connectivity index (χ1) is 13.0. The predicted molar refractivity (Wildman–Crippen MR) is 112 cm³/mol. The molecule has 0 bridgehead atoms. The molecule has 1 heterocycles. The van der Waals surface area contributed by atoms with Gasteiger partial charge in [-0.1, -0.05) is 34.1 Å². The maximum atomic E-state index is 13.3. The molecule has 1 aliphatic carbocycles. The van der Waals surface area contributed by atoms with Gasteiger partial charge in [-0.05, 0) is 54.3 Å². The lowest BCUT2D eigenvalue weighted by molar-refractivity contribution is -0.125. The summed E-state index contributed by atoms with van der Waals surface area (Å²) in [7, 11) is 1.67. The average Bonchev–Trinajstić information content (AvgIpc) is 3.27. The third kappa shape index (κ3) is 3.28. The van der Waals surface area contributed by atoms with E-state index in [1.807, 2.05) is 30.5 Å². The molecular weight excluding hydrogens is 424 g/mol. The van der Waals surface area contributed by atoms with Crippen molar-refractivity contribution < 1.29 is 9.53 Å². The van der Waals surface area contributed by atoms with Gasteiger partial charge in [0.2, 0.25) is 5.91 Å². The van der Waals surface area contributed by atoms with Gasteiger partial charge < -0.3 is 10.1 Å². The summed E-state index contributed by atoms with van der Waals surface area (Å²) < 4.78 is 6.46. The van der Waals surface area contributed by atoms with Crippen molar-refractivity contribution in [1.82, 2.24) is 4.98 Å². The Hall–Kier alpha value is -2.18. The van der Waals surface area contributed by atoms with Gasteiger partial charge in [-0.15, -0.1) is 11.3 Å². The highest BCUT2D eigenvalue weighted by molar-refractivity contribution is 9.10. The van der Waals surface area contributed by atoms with Crippen LogP contribution in [0.4, 0.5) is 5.13 Å². The van der Waals surface area contributed by atoms with Crippen LogP contribution in [0.1, 0.15) is 29.5 Å². The standard InChI is InChI=1S/C21H19BrN2O2S/c1-21(19(25)24-20-23-9-10-27-20)12-14-5-8-16(26-2)11-17(14)18(21)13-3-6-15(22)7-4-13/h3-11,18H,12H2,1-2H3,(H,23,24,25)/t18-,21+/m1/s1. The Morgan fingerprint density at radius 3 is 2.74 bits per heavy atom. The van der Waals surface area contributed by atoms with Gasteiger partial charge in [0, 0.05) is 22.0 Å². The van der Waals surface area contributed by atoms with Gasteiger partial charge in [-0.3, -0.25) is 4.79 Å². The van der Waals surface area contributed by atoms with E-state index in [9.17, 15) is 4.79 Å². The van der Waals surface area contributed by atoms with Crippen molar-refractivity contribution in [2.24, 2.45) is 5.41 Å². The monoisotopic (exact) mass is 442 g/mol. The van der Waals surface area contributed by atoms with Gasteiger partial charge in [-0.2, -0.15) is 0 Å². The highest BCUT2D eigenvalue weighted by Gasteiger charge is 2.49. The van der Waals surface area contributed by atoms with E-state index in [4.69, 9.17) is 4.74 Å². The number of hydrogen-bond donors (Lipinski definition) is 1. The number of ether oxygens (including phenoxy) is 1. The van der Waals surface area contributed by atoms with Crippen LogP contribution in [0.15, 0.2) is 58.5 Å². The van der Waals surface area contributed by atoms with E-state index in [2.05, 4.69) is 50.5 Å². The van der Waals surface area contributed by atoms with Gasteiger partial charge >= 0.3 is 0 Å². The second-order valence-electron chi connectivity index (χ2n) is 6.93. The van der Waals surface area contributed by atoms with Crippen LogP contribution in [0.3, 0.4) is 0 Å². The molecule has 0 saturated heterocycles. The Labute approximate surface area is 170 Å². The number of anilines is 1. The normalized spacial score (nSPS) is 20.9. The van der Waals surface area contributed by atoms with Crippen LogP contribution in [-0.4, -0.2) is 18.0 Å². The van der Waals surface area contributed by atoms with Crippen molar-refractivity contribution >= 4 is 38.3 Å². The molecule has 1 aliphatic rings. The number of carbonyl (C=O) groups is 1. The minimum atomic E-state index is -0.617. The summed E-state index contributed by atoms with van der Waals surface area (Å²) in [6.07, 6.45) is 2.37. The predicted octanol–water partition coefficient (Wildman–Crippen LogP) is 5.25. The summed E-state index contributed by atoms with van der Waals surface area (Å²) in [5.74, 6) is 0.733. The van der Waals surface area contributed by atoms with Crippen LogP contribution in [0.25, 0.3) is 0 Å². The fourth-order valence-electron chi connectivity index (χ4n) is 3.91. The molecule has 2 aromatic carbocycles. The topological polar surface area (TPSA) is 51.2 Å². The number of nitrogens with zero attached hydrogens (tertiary/aromatic N) is 1. The van der Waals surface area contributed by atoms with Crippen molar-refractivity contribution in [3.63, 3.8) is 0 Å². The molecule has 3 aromatic rings. The summed E-state index contributed by atoms with van der Waals surface area (Å²) in [4.78, 5) is 17.5. The molecule has 138 valence electrons. The zero-order valence-electron chi connectivity index (χ0n) is 15.0. The Balaban J connectivity index is 1.80. The second kappa shape index (κ2) is 7.09. The fraction of sp³-hybridized carbons (Fsp3) is 0.238. The van der Waals surface area contributed by atoms with E-state index in [0.717, 1.165) is 21.3 Å². The van der Waals surface area contributed by atoms with Gasteiger partial charge in [-0.25, -0.2) is 4.98 Å². The van der Waals surface area contributed by atoms with E-state index < -0.39 is 5.41 Å². The lowest BCUT2D eigenvalue weighted by atomic mass is 9.73. The second-order valence-corrected chi connectivity index (χ2v) is 8.75. The summed E-state index contributed by atoms with van der Waals surface area (Å²) >= 11 is 4.93. The summed E-state index contributed by atoms with van der Waals surface area (Å²) in [5.41, 5.74) is 2.82. The highest BCUT2D eigenvalue weighted by atomic mass is 79.9. The number of carbonyl (C=O) groups excluding carboxylic acids is 1. The highest BCUT2D eigenvalue weighted by Crippen LogP contribution is 2.52. The summed E-state index contributed by atoms with van der Waals surface area (Å²) in [5, 5.41) is 5.50. The van der Waals surface area contributed by atoms with Crippen LogP contribution in [0, 0.1) is 5.41 Å². The molecule has 1 N–H and O–H groups in total. The Kier molecular flexibility index (Phi) is 4.78. The molecule has 1 aromatic heterocycles. The number of fused-ring (bicyclic) bond motifs is 1. The zero-order chi connectivity index (χ0) is 19.0. The Morgan fingerprint density at radius 1 is 1.30 bits per heavy atom. The number of nitrogens with one attached hydrogen (secondary N) is 1. The Morgan fingerprint density at radius 2 is 2.07 bits per heavy atom. The lowest BCUT2D eigenvalue weighted by Gasteiger charge is -2.31. The number of benzene rings is 2. The third-order valence-corrected chi connectivity index (χ3v) is 6.45. The number of amides is 1. The Bertz CT molecular complexity index is 972. The molecule has 0 radical (unpaired) electrons.